The first-order valence-corrected chi connectivity index (χ1v) is 13.4. The van der Waals surface area contributed by atoms with E-state index in [-0.39, 0.29) is 16.8 Å². The topological polar surface area (TPSA) is 110 Å². The summed E-state index contributed by atoms with van der Waals surface area (Å²) >= 11 is 12.5. The van der Waals surface area contributed by atoms with Gasteiger partial charge in [0.1, 0.15) is 6.04 Å². The molecule has 0 radical (unpaired) electrons. The Balaban J connectivity index is 1.26. The van der Waals surface area contributed by atoms with Gasteiger partial charge in [0.05, 0.1) is 7.11 Å². The highest BCUT2D eigenvalue weighted by Crippen LogP contribution is 2.32. The lowest BCUT2D eigenvalue weighted by Gasteiger charge is -2.48. The van der Waals surface area contributed by atoms with Crippen molar-refractivity contribution in [2.45, 2.75) is 44.3 Å². The quantitative estimate of drug-likeness (QED) is 0.452. The molecule has 0 spiro atoms. The minimum atomic E-state index is -0.433. The summed E-state index contributed by atoms with van der Waals surface area (Å²) in [6.07, 6.45) is 2.92. The second kappa shape index (κ2) is 11.0. The number of piperidine rings is 1. The van der Waals surface area contributed by atoms with Gasteiger partial charge in [0.25, 0.3) is 0 Å². The van der Waals surface area contributed by atoms with Crippen molar-refractivity contribution in [3.8, 4) is 0 Å². The molecule has 198 valence electrons. The van der Waals surface area contributed by atoms with Crippen molar-refractivity contribution >= 4 is 46.3 Å². The van der Waals surface area contributed by atoms with Crippen molar-refractivity contribution in [1.29, 1.82) is 0 Å². The number of H-pyrrole nitrogens is 2. The molecule has 0 unspecified atom stereocenters. The van der Waals surface area contributed by atoms with E-state index in [0.717, 1.165) is 57.5 Å². The number of fused-ring (bicyclic) bond motifs is 1. The summed E-state index contributed by atoms with van der Waals surface area (Å²) in [5.74, 6) is 0.348. The number of benzene rings is 1. The molecular weight excluding hydrogens is 517 g/mol. The molecular formula is C25H31Cl2N7O3. The van der Waals surface area contributed by atoms with Crippen LogP contribution in [-0.2, 0) is 9.53 Å². The Labute approximate surface area is 224 Å². The molecule has 12 heteroatoms. The number of carbonyl (C=O) groups is 1. The van der Waals surface area contributed by atoms with Gasteiger partial charge < -0.3 is 9.64 Å². The number of halogens is 2. The maximum Gasteiger partial charge on any atom is 0.327 e. The van der Waals surface area contributed by atoms with E-state index in [4.69, 9.17) is 27.9 Å². The molecule has 0 amide bonds. The van der Waals surface area contributed by atoms with Crippen LogP contribution in [0.25, 0.3) is 11.3 Å². The second-order valence-corrected chi connectivity index (χ2v) is 10.4. The zero-order chi connectivity index (χ0) is 26.1. The molecule has 2 atom stereocenters. The molecule has 37 heavy (non-hydrogen) atoms. The van der Waals surface area contributed by atoms with E-state index < -0.39 is 6.04 Å². The highest BCUT2D eigenvalue weighted by Gasteiger charge is 2.37. The van der Waals surface area contributed by atoms with Crippen LogP contribution in [0.2, 0.25) is 10.2 Å². The Bertz CT molecular complexity index is 1300. The van der Waals surface area contributed by atoms with Gasteiger partial charge in [0.2, 0.25) is 0 Å². The van der Waals surface area contributed by atoms with Gasteiger partial charge in [-0.1, -0.05) is 42.3 Å². The van der Waals surface area contributed by atoms with Gasteiger partial charge >= 0.3 is 11.7 Å². The highest BCUT2D eigenvalue weighted by atomic mass is 35.5. The number of hydrogen-bond acceptors (Lipinski definition) is 8. The molecule has 2 saturated heterocycles. The predicted octanol–water partition coefficient (Wildman–Crippen LogP) is 3.23. The average Bonchev–Trinajstić information content (AvgIpc) is 3.28. The standard InChI is InChI=1S/C25H31Cl2N7O3/c1-3-17-14-33(23-20(27)28-21-22(29-23)31-25(36)30-21)12-13-34(17)18-8-10-32(11-9-18)19(24(35)37-2)15-4-6-16(26)7-5-15/h4-7,17-19H,3,8-14H2,1-2H3,(H2,28,29,30,31,36)/t17-,19+/m0/s1. The number of methoxy groups -OCH3 is 1. The number of nitrogens with one attached hydrogen (secondary N) is 2. The molecule has 3 aromatic rings. The number of hydrogen-bond donors (Lipinski definition) is 2. The Hall–Kier alpha value is -2.66. The number of nitrogens with zero attached hydrogens (tertiary/aromatic N) is 5. The number of ether oxygens (including phenoxy) is 1. The van der Waals surface area contributed by atoms with Crippen LogP contribution < -0.4 is 10.6 Å². The lowest BCUT2D eigenvalue weighted by Crippen LogP contribution is -2.58. The van der Waals surface area contributed by atoms with Gasteiger partial charge in [0, 0.05) is 49.8 Å². The maximum absolute atomic E-state index is 12.7. The third-order valence-electron chi connectivity index (χ3n) is 7.54. The number of anilines is 1. The van der Waals surface area contributed by atoms with Crippen LogP contribution in [0.5, 0.6) is 0 Å². The van der Waals surface area contributed by atoms with Crippen LogP contribution in [-0.4, -0.2) is 87.6 Å². The molecule has 2 N–H and O–H groups in total. The number of aromatic nitrogens is 4. The van der Waals surface area contributed by atoms with E-state index >= 15 is 0 Å². The molecule has 0 saturated carbocycles. The molecule has 4 heterocycles. The molecule has 2 aliphatic rings. The molecule has 5 rings (SSSR count). The number of piperazine rings is 1. The van der Waals surface area contributed by atoms with Crippen LogP contribution in [0.1, 0.15) is 37.8 Å². The van der Waals surface area contributed by atoms with Crippen molar-refractivity contribution in [3.63, 3.8) is 0 Å². The van der Waals surface area contributed by atoms with Crippen LogP contribution in [0.3, 0.4) is 0 Å². The third-order valence-corrected chi connectivity index (χ3v) is 8.05. The van der Waals surface area contributed by atoms with Gasteiger partial charge in [-0.15, -0.1) is 0 Å². The molecule has 2 aliphatic heterocycles. The molecule has 10 nitrogen and oxygen atoms in total. The molecule has 0 bridgehead atoms. The molecule has 2 fully saturated rings. The van der Waals surface area contributed by atoms with Crippen LogP contribution in [0.4, 0.5) is 5.82 Å². The Morgan fingerprint density at radius 1 is 1.08 bits per heavy atom. The summed E-state index contributed by atoms with van der Waals surface area (Å²) in [7, 11) is 1.44. The molecule has 0 aliphatic carbocycles. The number of rotatable bonds is 6. The second-order valence-electron chi connectivity index (χ2n) is 9.60. The molecule has 2 aromatic heterocycles. The Morgan fingerprint density at radius 2 is 1.76 bits per heavy atom. The lowest BCUT2D eigenvalue weighted by atomic mass is 9.95. The van der Waals surface area contributed by atoms with Crippen LogP contribution in [0, 0.1) is 0 Å². The number of imidazole rings is 1. The van der Waals surface area contributed by atoms with Crippen molar-refractivity contribution in [2.24, 2.45) is 0 Å². The number of likely N-dealkylation sites (tertiary alicyclic amines) is 1. The van der Waals surface area contributed by atoms with Crippen molar-refractivity contribution in [1.82, 2.24) is 29.7 Å². The normalized spacial score (nSPS) is 20.9. The number of esters is 1. The van der Waals surface area contributed by atoms with E-state index in [1.54, 1.807) is 0 Å². The third kappa shape index (κ3) is 5.34. The highest BCUT2D eigenvalue weighted by molar-refractivity contribution is 6.32. The van der Waals surface area contributed by atoms with E-state index in [9.17, 15) is 9.59 Å². The molecule has 1 aromatic carbocycles. The minimum absolute atomic E-state index is 0.250. The predicted molar refractivity (Wildman–Crippen MR) is 143 cm³/mol. The number of carbonyl (C=O) groups excluding carboxylic acids is 1. The van der Waals surface area contributed by atoms with Crippen molar-refractivity contribution in [3.05, 3.63) is 50.5 Å². The summed E-state index contributed by atoms with van der Waals surface area (Å²) < 4.78 is 5.15. The first-order chi connectivity index (χ1) is 17.9. The van der Waals surface area contributed by atoms with Crippen molar-refractivity contribution in [2.75, 3.05) is 44.7 Å². The number of aromatic amines is 2. The lowest BCUT2D eigenvalue weighted by molar-refractivity contribution is -0.148. The van der Waals surface area contributed by atoms with Crippen LogP contribution in [0.15, 0.2) is 29.1 Å². The summed E-state index contributed by atoms with van der Waals surface area (Å²) in [6, 6.07) is 7.75. The summed E-state index contributed by atoms with van der Waals surface area (Å²) in [4.78, 5) is 45.5. The monoisotopic (exact) mass is 547 g/mol. The maximum atomic E-state index is 12.7. The van der Waals surface area contributed by atoms with Gasteiger partial charge in [-0.25, -0.2) is 19.6 Å². The zero-order valence-corrected chi connectivity index (χ0v) is 22.4. The van der Waals surface area contributed by atoms with E-state index in [0.29, 0.717) is 34.2 Å². The summed E-state index contributed by atoms with van der Waals surface area (Å²) in [5, 5.41) is 0.930. The van der Waals surface area contributed by atoms with Gasteiger partial charge in [-0.05, 0) is 37.0 Å². The largest absolute Gasteiger partial charge is 0.468 e. The zero-order valence-electron chi connectivity index (χ0n) is 20.9. The smallest absolute Gasteiger partial charge is 0.327 e. The van der Waals surface area contributed by atoms with Crippen LogP contribution >= 0.6 is 23.2 Å². The van der Waals surface area contributed by atoms with E-state index in [1.807, 2.05) is 24.3 Å². The van der Waals surface area contributed by atoms with Gasteiger partial charge in [-0.3, -0.25) is 19.8 Å². The first kappa shape index (κ1) is 26.0. The summed E-state index contributed by atoms with van der Waals surface area (Å²) in [6.45, 7) is 6.23. The fourth-order valence-electron chi connectivity index (χ4n) is 5.66. The Morgan fingerprint density at radius 3 is 2.41 bits per heavy atom. The van der Waals surface area contributed by atoms with E-state index in [1.165, 1.54) is 7.11 Å². The van der Waals surface area contributed by atoms with Crippen molar-refractivity contribution < 1.29 is 9.53 Å². The average molecular weight is 548 g/mol. The first-order valence-electron chi connectivity index (χ1n) is 12.6. The minimum Gasteiger partial charge on any atom is -0.468 e. The van der Waals surface area contributed by atoms with Gasteiger partial charge in [-0.2, -0.15) is 0 Å². The van der Waals surface area contributed by atoms with Gasteiger partial charge in [0.15, 0.2) is 22.3 Å². The SMILES string of the molecule is CC[C@H]1CN(c2nc3[nH]c(=O)[nH]c3nc2Cl)CCN1C1CCN([C@@H](C(=O)OC)c2ccc(Cl)cc2)CC1. The fourth-order valence-corrected chi connectivity index (χ4v) is 6.03. The fraction of sp³-hybridized carbons (Fsp3) is 0.520. The Kier molecular flexibility index (Phi) is 7.71. The van der Waals surface area contributed by atoms with E-state index in [2.05, 4.69) is 41.6 Å². The summed E-state index contributed by atoms with van der Waals surface area (Å²) in [5.41, 5.74) is 1.32.